The Bertz CT molecular complexity index is 2070. The molecule has 0 saturated carbocycles. The van der Waals surface area contributed by atoms with Crippen LogP contribution in [0.4, 0.5) is 0 Å². The molecule has 7 unspecified atom stereocenters. The number of unbranched alkanes of at least 4 members (excludes halogenated alkanes) is 27. The number of carbonyl (C=O) groups excluding carboxylic acids is 1. The Balaban J connectivity index is 2.19. The SMILES string of the molecule is CC/C=C\C/C=C\C/C=C\C/C=C\C/C=C\C/C=C\C/C=C\C/C=C\C/C=C\C/C=C\C/C=C\CCCCCCCCCC(=O)NC(COC1OC(CO)C(O)C(O)C1O)C(O)/C=C/CC/C=C/CC/C=C/CCCCCCCCCCCCCCCCCCCC. The molecule has 6 N–H and O–H groups in total. The number of hydrogen-bond acceptors (Lipinski definition) is 8. The summed E-state index contributed by atoms with van der Waals surface area (Å²) in [6.07, 6.45) is 103. The van der Waals surface area contributed by atoms with Crippen LogP contribution in [0.5, 0.6) is 0 Å². The van der Waals surface area contributed by atoms with Crippen molar-refractivity contribution in [3.63, 3.8) is 0 Å². The number of aliphatic hydroxyl groups excluding tert-OH is 5. The van der Waals surface area contributed by atoms with Gasteiger partial charge in [0, 0.05) is 6.42 Å². The minimum Gasteiger partial charge on any atom is -0.394 e. The van der Waals surface area contributed by atoms with Crippen LogP contribution in [0.1, 0.15) is 290 Å². The monoisotopic (exact) mass is 1280 g/mol. The standard InChI is InChI=1S/C83H137NO8/c1-3-5-7-9-11-13-15-17-19-21-23-25-27-29-31-33-34-35-36-37-38-39-40-41-42-43-44-45-47-49-51-53-55-57-59-61-63-65-67-69-71-73-79(87)84-76(75-91-83-82(90)81(89)80(88)78(74-85)92-83)77(86)72-70-68-66-64-62-60-58-56-54-52-50-48-46-32-30-28-26-24-22-20-18-16-14-12-10-8-6-4-2/h5,7,11,13,17,19,23,25,29,31,34-35,37-38,40-41,43-44,47,49,53-56,62,64,70,72,76-78,80-83,85-86,88-90H,3-4,6,8-10,12,14-16,18,20-22,24,26-28,30,32-33,36,39,42,45-46,48,50-52,57-61,63,65-69,71,73-75H2,1-2H3,(H,84,87)/b7-5-,13-11-,19-17-,25-23-,31-29-,35-34-,38-37-,41-40-,44-43-,49-47-,55-53-,56-54+,64-62+,72-70+. The molecule has 1 saturated heterocycles. The molecule has 0 aromatic carbocycles. The van der Waals surface area contributed by atoms with E-state index in [-0.39, 0.29) is 12.5 Å². The number of hydrogen-bond donors (Lipinski definition) is 6. The second-order valence-corrected chi connectivity index (χ2v) is 25.0. The molecule has 7 atom stereocenters. The third kappa shape index (κ3) is 57.0. The topological polar surface area (TPSA) is 149 Å². The first kappa shape index (κ1) is 85.6. The molecular weight excluding hydrogens is 1140 g/mol. The number of ether oxygens (including phenoxy) is 2. The predicted molar refractivity (Wildman–Crippen MR) is 395 cm³/mol. The molecule has 92 heavy (non-hydrogen) atoms. The summed E-state index contributed by atoms with van der Waals surface area (Å²) in [7, 11) is 0. The first-order chi connectivity index (χ1) is 45.3. The van der Waals surface area contributed by atoms with Gasteiger partial charge in [0.15, 0.2) is 6.29 Å². The van der Waals surface area contributed by atoms with E-state index in [1.54, 1.807) is 6.08 Å². The zero-order valence-electron chi connectivity index (χ0n) is 58.5. The van der Waals surface area contributed by atoms with E-state index >= 15 is 0 Å². The molecule has 1 amide bonds. The van der Waals surface area contributed by atoms with Crippen molar-refractivity contribution in [3.8, 4) is 0 Å². The summed E-state index contributed by atoms with van der Waals surface area (Å²) in [5, 5.41) is 54.8. The molecule has 1 rings (SSSR count). The number of aliphatic hydroxyl groups is 5. The molecule has 0 aliphatic carbocycles. The summed E-state index contributed by atoms with van der Waals surface area (Å²) in [4.78, 5) is 13.1. The van der Waals surface area contributed by atoms with Crippen molar-refractivity contribution in [3.05, 3.63) is 170 Å². The van der Waals surface area contributed by atoms with E-state index in [0.29, 0.717) is 6.42 Å². The minimum absolute atomic E-state index is 0.207. The fourth-order valence-corrected chi connectivity index (χ4v) is 10.7. The van der Waals surface area contributed by atoms with Gasteiger partial charge in [-0.1, -0.05) is 325 Å². The van der Waals surface area contributed by atoms with Crippen molar-refractivity contribution in [2.24, 2.45) is 0 Å². The van der Waals surface area contributed by atoms with Gasteiger partial charge in [-0.15, -0.1) is 0 Å². The van der Waals surface area contributed by atoms with Crippen molar-refractivity contribution >= 4 is 5.91 Å². The molecule has 9 nitrogen and oxygen atoms in total. The van der Waals surface area contributed by atoms with Crippen molar-refractivity contribution in [2.75, 3.05) is 13.2 Å². The normalized spacial score (nSPS) is 18.7. The van der Waals surface area contributed by atoms with E-state index in [2.05, 4.69) is 177 Å². The fraction of sp³-hybridized carbons (Fsp3) is 0.651. The van der Waals surface area contributed by atoms with Crippen LogP contribution in [0.3, 0.4) is 0 Å². The molecule has 0 aromatic heterocycles. The largest absolute Gasteiger partial charge is 0.394 e. The highest BCUT2D eigenvalue weighted by Crippen LogP contribution is 2.23. The van der Waals surface area contributed by atoms with Crippen molar-refractivity contribution < 1.29 is 39.8 Å². The van der Waals surface area contributed by atoms with E-state index in [1.807, 2.05) is 6.08 Å². The van der Waals surface area contributed by atoms with Crippen LogP contribution in [0.2, 0.25) is 0 Å². The first-order valence-corrected chi connectivity index (χ1v) is 37.4. The van der Waals surface area contributed by atoms with Crippen molar-refractivity contribution in [1.82, 2.24) is 5.32 Å². The van der Waals surface area contributed by atoms with Gasteiger partial charge in [0.25, 0.3) is 0 Å². The zero-order chi connectivity index (χ0) is 66.4. The lowest BCUT2D eigenvalue weighted by molar-refractivity contribution is -0.302. The number of rotatable bonds is 63. The van der Waals surface area contributed by atoms with Crippen LogP contribution < -0.4 is 5.32 Å². The van der Waals surface area contributed by atoms with Gasteiger partial charge >= 0.3 is 0 Å². The third-order valence-corrected chi connectivity index (χ3v) is 16.5. The summed E-state index contributed by atoms with van der Waals surface area (Å²) < 4.78 is 11.3. The maximum Gasteiger partial charge on any atom is 0.220 e. The van der Waals surface area contributed by atoms with Crippen LogP contribution in [-0.4, -0.2) is 87.5 Å². The van der Waals surface area contributed by atoms with Gasteiger partial charge in [-0.05, 0) is 128 Å². The zero-order valence-corrected chi connectivity index (χ0v) is 58.5. The fourth-order valence-electron chi connectivity index (χ4n) is 10.7. The van der Waals surface area contributed by atoms with E-state index in [1.165, 1.54) is 135 Å². The Morgan fingerprint density at radius 2 is 0.685 bits per heavy atom. The first-order valence-electron chi connectivity index (χ1n) is 37.4. The van der Waals surface area contributed by atoms with Gasteiger partial charge in [-0.25, -0.2) is 0 Å². The molecule has 1 fully saturated rings. The minimum atomic E-state index is -1.59. The maximum atomic E-state index is 13.1. The molecular formula is C83H137NO8. The van der Waals surface area contributed by atoms with Crippen molar-refractivity contribution in [2.45, 2.75) is 333 Å². The van der Waals surface area contributed by atoms with Gasteiger partial charge in [-0.3, -0.25) is 4.79 Å². The predicted octanol–water partition coefficient (Wildman–Crippen LogP) is 21.2. The van der Waals surface area contributed by atoms with Gasteiger partial charge in [0.05, 0.1) is 25.4 Å². The number of carbonyl (C=O) groups is 1. The summed E-state index contributed by atoms with van der Waals surface area (Å²) in [5.74, 6) is -0.207. The third-order valence-electron chi connectivity index (χ3n) is 16.5. The van der Waals surface area contributed by atoms with Gasteiger partial charge in [0.2, 0.25) is 5.91 Å². The highest BCUT2D eigenvalue weighted by atomic mass is 16.7. The molecule has 0 aromatic rings. The van der Waals surface area contributed by atoms with Crippen molar-refractivity contribution in [1.29, 1.82) is 0 Å². The lowest BCUT2D eigenvalue weighted by Crippen LogP contribution is -2.60. The van der Waals surface area contributed by atoms with E-state index < -0.39 is 49.5 Å². The average Bonchev–Trinajstić information content (AvgIpc) is 1.00. The summed E-state index contributed by atoms with van der Waals surface area (Å²) in [5.41, 5.74) is 0. The molecule has 1 aliphatic heterocycles. The summed E-state index contributed by atoms with van der Waals surface area (Å²) in [6, 6.07) is -0.849. The van der Waals surface area contributed by atoms with Gasteiger partial charge in [0.1, 0.15) is 24.4 Å². The van der Waals surface area contributed by atoms with Gasteiger partial charge < -0.3 is 40.3 Å². The Morgan fingerprint density at radius 3 is 1.04 bits per heavy atom. The lowest BCUT2D eigenvalue weighted by Gasteiger charge is -2.40. The second kappa shape index (κ2) is 69.4. The Morgan fingerprint density at radius 1 is 0.380 bits per heavy atom. The smallest absolute Gasteiger partial charge is 0.220 e. The van der Waals surface area contributed by atoms with E-state index in [4.69, 9.17) is 9.47 Å². The molecule has 522 valence electrons. The molecule has 9 heteroatoms. The van der Waals surface area contributed by atoms with Crippen LogP contribution in [0.15, 0.2) is 170 Å². The van der Waals surface area contributed by atoms with Crippen LogP contribution in [0.25, 0.3) is 0 Å². The maximum absolute atomic E-state index is 13.1. The Labute approximate surface area is 564 Å². The van der Waals surface area contributed by atoms with Crippen LogP contribution >= 0.6 is 0 Å². The second-order valence-electron chi connectivity index (χ2n) is 25.0. The molecule has 0 spiro atoms. The quantitative estimate of drug-likeness (QED) is 0.0261. The highest BCUT2D eigenvalue weighted by Gasteiger charge is 2.44. The Kier molecular flexibility index (Phi) is 64.5. The number of allylic oxidation sites excluding steroid dienone is 27. The summed E-state index contributed by atoms with van der Waals surface area (Å²) in [6.45, 7) is 3.65. The van der Waals surface area contributed by atoms with Crippen LogP contribution in [-0.2, 0) is 14.3 Å². The number of nitrogens with one attached hydrogen (secondary N) is 1. The molecule has 1 aliphatic rings. The molecule has 0 radical (unpaired) electrons. The molecule has 1 heterocycles. The van der Waals surface area contributed by atoms with Crippen LogP contribution in [0, 0.1) is 0 Å². The highest BCUT2D eigenvalue weighted by molar-refractivity contribution is 5.76. The van der Waals surface area contributed by atoms with E-state index in [0.717, 1.165) is 135 Å². The number of amides is 1. The lowest BCUT2D eigenvalue weighted by atomic mass is 9.99. The molecule has 0 bridgehead atoms. The summed E-state index contributed by atoms with van der Waals surface area (Å²) >= 11 is 0. The van der Waals surface area contributed by atoms with Gasteiger partial charge in [-0.2, -0.15) is 0 Å². The Hall–Kier alpha value is -4.45. The average molecular weight is 1280 g/mol. The van der Waals surface area contributed by atoms with E-state index in [9.17, 15) is 30.3 Å².